The van der Waals surface area contributed by atoms with Crippen molar-refractivity contribution in [3.8, 4) is 5.75 Å². The lowest BCUT2D eigenvalue weighted by atomic mass is 9.94. The maximum Gasteiger partial charge on any atom is 0.193 e. The summed E-state index contributed by atoms with van der Waals surface area (Å²) in [5.41, 5.74) is 6.78. The Bertz CT molecular complexity index is 413. The second kappa shape index (κ2) is 7.57. The SMILES string of the molecule is CC(C)Oc1ccc(NC(N)=NC2CCC2)cc1.I. The first kappa shape index (κ1) is 16.1. The average Bonchev–Trinajstić information content (AvgIpc) is 2.26. The third-order valence-electron chi connectivity index (χ3n) is 2.89. The number of benzene rings is 1. The van der Waals surface area contributed by atoms with E-state index in [1.165, 1.54) is 6.42 Å². The van der Waals surface area contributed by atoms with Gasteiger partial charge in [0.1, 0.15) is 5.75 Å². The molecule has 0 bridgehead atoms. The topological polar surface area (TPSA) is 59.6 Å². The summed E-state index contributed by atoms with van der Waals surface area (Å²) in [6.45, 7) is 4.02. The highest BCUT2D eigenvalue weighted by atomic mass is 127. The van der Waals surface area contributed by atoms with E-state index in [0.717, 1.165) is 24.3 Å². The Morgan fingerprint density at radius 1 is 1.32 bits per heavy atom. The highest BCUT2D eigenvalue weighted by Gasteiger charge is 2.16. The Kier molecular flexibility index (Phi) is 6.41. The van der Waals surface area contributed by atoms with Crippen molar-refractivity contribution in [1.82, 2.24) is 0 Å². The van der Waals surface area contributed by atoms with E-state index in [1.54, 1.807) is 0 Å². The molecule has 1 aliphatic rings. The third kappa shape index (κ3) is 5.26. The Morgan fingerprint density at radius 2 is 1.95 bits per heavy atom. The zero-order chi connectivity index (χ0) is 13.0. The molecule has 0 amide bonds. The van der Waals surface area contributed by atoms with Crippen LogP contribution in [0, 0.1) is 0 Å². The van der Waals surface area contributed by atoms with Gasteiger partial charge in [-0.2, -0.15) is 0 Å². The quantitative estimate of drug-likeness (QED) is 0.482. The van der Waals surface area contributed by atoms with Gasteiger partial charge in [0.25, 0.3) is 0 Å². The maximum absolute atomic E-state index is 5.84. The predicted octanol–water partition coefficient (Wildman–Crippen LogP) is 3.37. The van der Waals surface area contributed by atoms with Gasteiger partial charge in [0, 0.05) is 5.69 Å². The van der Waals surface area contributed by atoms with Crippen LogP contribution in [-0.4, -0.2) is 18.1 Å². The van der Waals surface area contributed by atoms with Crippen LogP contribution in [0.25, 0.3) is 0 Å². The van der Waals surface area contributed by atoms with Crippen LogP contribution in [0.4, 0.5) is 5.69 Å². The van der Waals surface area contributed by atoms with E-state index in [-0.39, 0.29) is 30.1 Å². The first-order chi connectivity index (χ1) is 8.63. The van der Waals surface area contributed by atoms with E-state index in [0.29, 0.717) is 12.0 Å². The highest BCUT2D eigenvalue weighted by Crippen LogP contribution is 2.22. The lowest BCUT2D eigenvalue weighted by molar-refractivity contribution is 0.242. The molecule has 3 N–H and O–H groups in total. The van der Waals surface area contributed by atoms with Crippen LogP contribution in [-0.2, 0) is 0 Å². The number of nitrogens with one attached hydrogen (secondary N) is 1. The molecule has 0 unspecified atom stereocenters. The van der Waals surface area contributed by atoms with Gasteiger partial charge in [-0.1, -0.05) is 0 Å². The van der Waals surface area contributed by atoms with E-state index in [1.807, 2.05) is 38.1 Å². The number of anilines is 1. The lowest BCUT2D eigenvalue weighted by Gasteiger charge is -2.21. The number of halogens is 1. The molecule has 0 saturated heterocycles. The van der Waals surface area contributed by atoms with Crippen LogP contribution in [0.3, 0.4) is 0 Å². The summed E-state index contributed by atoms with van der Waals surface area (Å²) in [7, 11) is 0. The Morgan fingerprint density at radius 3 is 2.42 bits per heavy atom. The van der Waals surface area contributed by atoms with E-state index >= 15 is 0 Å². The number of aliphatic imine (C=N–C) groups is 1. The van der Waals surface area contributed by atoms with Gasteiger partial charge in [-0.3, -0.25) is 0 Å². The Labute approximate surface area is 131 Å². The second-order valence-electron chi connectivity index (χ2n) is 4.92. The van der Waals surface area contributed by atoms with Crippen molar-refractivity contribution < 1.29 is 4.74 Å². The van der Waals surface area contributed by atoms with Crippen LogP contribution in [0.5, 0.6) is 5.75 Å². The number of rotatable bonds is 4. The van der Waals surface area contributed by atoms with Gasteiger partial charge in [-0.25, -0.2) is 4.99 Å². The van der Waals surface area contributed by atoms with Crippen LogP contribution < -0.4 is 15.8 Å². The number of nitrogens with zero attached hydrogens (tertiary/aromatic N) is 1. The molecule has 0 radical (unpaired) electrons. The normalized spacial score (nSPS) is 15.6. The maximum atomic E-state index is 5.84. The molecule has 5 heteroatoms. The Balaban J connectivity index is 0.00000180. The van der Waals surface area contributed by atoms with E-state index in [4.69, 9.17) is 10.5 Å². The van der Waals surface area contributed by atoms with E-state index in [9.17, 15) is 0 Å². The molecular weight excluding hydrogens is 353 g/mol. The fraction of sp³-hybridized carbons (Fsp3) is 0.500. The van der Waals surface area contributed by atoms with Crippen molar-refractivity contribution in [2.75, 3.05) is 5.32 Å². The molecule has 0 atom stereocenters. The first-order valence-corrected chi connectivity index (χ1v) is 6.50. The van der Waals surface area contributed by atoms with Crippen molar-refractivity contribution in [3.05, 3.63) is 24.3 Å². The minimum absolute atomic E-state index is 0. The molecule has 1 aromatic rings. The number of guanidine groups is 1. The van der Waals surface area contributed by atoms with Gasteiger partial charge in [-0.15, -0.1) is 24.0 Å². The third-order valence-corrected chi connectivity index (χ3v) is 2.89. The van der Waals surface area contributed by atoms with Crippen molar-refractivity contribution in [3.63, 3.8) is 0 Å². The molecule has 0 heterocycles. The molecule has 19 heavy (non-hydrogen) atoms. The number of ether oxygens (including phenoxy) is 1. The average molecular weight is 375 g/mol. The molecular formula is C14H22IN3O. The monoisotopic (exact) mass is 375 g/mol. The van der Waals surface area contributed by atoms with Gasteiger partial charge >= 0.3 is 0 Å². The summed E-state index contributed by atoms with van der Waals surface area (Å²) in [5.74, 6) is 1.36. The van der Waals surface area contributed by atoms with Crippen molar-refractivity contribution >= 4 is 35.6 Å². The summed E-state index contributed by atoms with van der Waals surface area (Å²) in [6, 6.07) is 8.17. The minimum Gasteiger partial charge on any atom is -0.491 e. The van der Waals surface area contributed by atoms with Crippen LogP contribution >= 0.6 is 24.0 Å². The summed E-state index contributed by atoms with van der Waals surface area (Å²) in [6.07, 6.45) is 3.77. The molecule has 1 saturated carbocycles. The van der Waals surface area contributed by atoms with E-state index in [2.05, 4.69) is 10.3 Å². The first-order valence-electron chi connectivity index (χ1n) is 6.50. The van der Waals surface area contributed by atoms with Gasteiger partial charge in [0.2, 0.25) is 0 Å². The van der Waals surface area contributed by atoms with Gasteiger partial charge in [-0.05, 0) is 57.4 Å². The smallest absolute Gasteiger partial charge is 0.193 e. The second-order valence-corrected chi connectivity index (χ2v) is 4.92. The molecule has 1 fully saturated rings. The minimum atomic E-state index is 0. The van der Waals surface area contributed by atoms with Gasteiger partial charge in [0.15, 0.2) is 5.96 Å². The predicted molar refractivity (Wildman–Crippen MR) is 90.5 cm³/mol. The fourth-order valence-corrected chi connectivity index (χ4v) is 1.78. The van der Waals surface area contributed by atoms with Crippen molar-refractivity contribution in [2.45, 2.75) is 45.3 Å². The molecule has 2 rings (SSSR count). The fourth-order valence-electron chi connectivity index (χ4n) is 1.78. The largest absolute Gasteiger partial charge is 0.491 e. The summed E-state index contributed by atoms with van der Waals surface area (Å²) >= 11 is 0. The van der Waals surface area contributed by atoms with Crippen LogP contribution in [0.1, 0.15) is 33.1 Å². The number of hydrogen-bond donors (Lipinski definition) is 2. The van der Waals surface area contributed by atoms with Crippen molar-refractivity contribution in [1.29, 1.82) is 0 Å². The van der Waals surface area contributed by atoms with Gasteiger partial charge in [0.05, 0.1) is 12.1 Å². The van der Waals surface area contributed by atoms with E-state index < -0.39 is 0 Å². The molecule has 4 nitrogen and oxygen atoms in total. The lowest BCUT2D eigenvalue weighted by Crippen LogP contribution is -2.27. The Hall–Kier alpha value is -0.980. The molecule has 1 aliphatic carbocycles. The molecule has 0 aromatic heterocycles. The highest BCUT2D eigenvalue weighted by molar-refractivity contribution is 14.0. The summed E-state index contributed by atoms with van der Waals surface area (Å²) < 4.78 is 5.58. The zero-order valence-electron chi connectivity index (χ0n) is 11.4. The molecule has 1 aromatic carbocycles. The number of hydrogen-bond acceptors (Lipinski definition) is 2. The van der Waals surface area contributed by atoms with Crippen LogP contribution in [0.2, 0.25) is 0 Å². The van der Waals surface area contributed by atoms with Crippen molar-refractivity contribution in [2.24, 2.45) is 10.7 Å². The van der Waals surface area contributed by atoms with Gasteiger partial charge < -0.3 is 15.8 Å². The summed E-state index contributed by atoms with van der Waals surface area (Å²) in [4.78, 5) is 4.40. The molecule has 106 valence electrons. The molecule has 0 aliphatic heterocycles. The molecule has 0 spiro atoms. The number of nitrogens with two attached hydrogens (primary N) is 1. The summed E-state index contributed by atoms with van der Waals surface area (Å²) in [5, 5.41) is 3.09. The zero-order valence-corrected chi connectivity index (χ0v) is 13.8. The standard InChI is InChI=1S/C14H21N3O.HI/c1-10(2)18-13-8-6-12(7-9-13)17-14(15)16-11-4-3-5-11;/h6-11H,3-5H2,1-2H3,(H3,15,16,17);1H. The van der Waals surface area contributed by atoms with Crippen LogP contribution in [0.15, 0.2) is 29.3 Å².